The Labute approximate surface area is 302 Å². The van der Waals surface area contributed by atoms with Gasteiger partial charge in [-0.15, -0.1) is 0 Å². The summed E-state index contributed by atoms with van der Waals surface area (Å²) in [6.07, 6.45) is 0. The van der Waals surface area contributed by atoms with E-state index in [-0.39, 0.29) is 0 Å². The van der Waals surface area contributed by atoms with Crippen LogP contribution in [0.15, 0.2) is 205 Å². The van der Waals surface area contributed by atoms with Gasteiger partial charge in [0.15, 0.2) is 0 Å². The second kappa shape index (κ2) is 12.5. The second-order valence-corrected chi connectivity index (χ2v) is 13.3. The number of benzene rings is 9. The lowest BCUT2D eigenvalue weighted by atomic mass is 9.91. The minimum Gasteiger partial charge on any atom is -0.456 e. The lowest BCUT2D eigenvalue weighted by Gasteiger charge is -2.27. The maximum atomic E-state index is 6.20. The summed E-state index contributed by atoms with van der Waals surface area (Å²) >= 11 is 0. The highest BCUT2D eigenvalue weighted by molar-refractivity contribution is 6.19. The van der Waals surface area contributed by atoms with E-state index in [1.165, 1.54) is 60.3 Å². The summed E-state index contributed by atoms with van der Waals surface area (Å²) in [7, 11) is 0. The molecule has 0 radical (unpaired) electrons. The summed E-state index contributed by atoms with van der Waals surface area (Å²) in [6.45, 7) is 0. The standard InChI is InChI=1S/C50H33NO/c1-3-12-35(13-4-1)47-33-41(28-30-44(47)37-24-29-45-38(32-37)25-31-49-50(45)46-19-9-10-21-48(46)52-49)51(39-16-5-2-6-17-39)40-26-22-36(23-27-40)43-20-11-15-34-14-7-8-18-42(34)43/h1-33H. The molecule has 1 aromatic heterocycles. The zero-order chi connectivity index (χ0) is 34.4. The molecule has 0 fully saturated rings. The third-order valence-corrected chi connectivity index (χ3v) is 10.3. The number of fused-ring (bicyclic) bond motifs is 6. The zero-order valence-electron chi connectivity index (χ0n) is 28.4. The molecule has 1 heterocycles. The van der Waals surface area contributed by atoms with Crippen LogP contribution >= 0.6 is 0 Å². The molecule has 0 aliphatic rings. The smallest absolute Gasteiger partial charge is 0.136 e. The van der Waals surface area contributed by atoms with Gasteiger partial charge in [0.05, 0.1) is 0 Å². The quantitative estimate of drug-likeness (QED) is 0.176. The Morgan fingerprint density at radius 3 is 1.81 bits per heavy atom. The summed E-state index contributed by atoms with van der Waals surface area (Å²) in [5, 5.41) is 7.22. The van der Waals surface area contributed by atoms with Crippen LogP contribution in [0.1, 0.15) is 0 Å². The van der Waals surface area contributed by atoms with E-state index in [2.05, 4.69) is 193 Å². The van der Waals surface area contributed by atoms with E-state index in [0.29, 0.717) is 0 Å². The fraction of sp³-hybridized carbons (Fsp3) is 0. The Bertz CT molecular complexity index is 2880. The summed E-state index contributed by atoms with van der Waals surface area (Å²) in [6, 6.07) is 71.8. The van der Waals surface area contributed by atoms with Crippen LogP contribution in [0.2, 0.25) is 0 Å². The van der Waals surface area contributed by atoms with Gasteiger partial charge in [-0.3, -0.25) is 0 Å². The van der Waals surface area contributed by atoms with Gasteiger partial charge in [-0.25, -0.2) is 0 Å². The van der Waals surface area contributed by atoms with Gasteiger partial charge >= 0.3 is 0 Å². The average molecular weight is 664 g/mol. The van der Waals surface area contributed by atoms with Crippen molar-refractivity contribution >= 4 is 60.5 Å². The third kappa shape index (κ3) is 5.12. The van der Waals surface area contributed by atoms with E-state index in [0.717, 1.165) is 33.6 Å². The predicted octanol–water partition coefficient (Wildman–Crippen LogP) is 14.4. The van der Waals surface area contributed by atoms with Crippen LogP contribution in [0.4, 0.5) is 17.1 Å². The first-order chi connectivity index (χ1) is 25.8. The Kier molecular flexibility index (Phi) is 7.18. The number of hydrogen-bond acceptors (Lipinski definition) is 2. The molecule has 0 bridgehead atoms. The van der Waals surface area contributed by atoms with Crippen molar-refractivity contribution in [1.82, 2.24) is 0 Å². The van der Waals surface area contributed by atoms with E-state index in [9.17, 15) is 0 Å². The van der Waals surface area contributed by atoms with Crippen LogP contribution in [0.25, 0.3) is 76.9 Å². The molecule has 244 valence electrons. The molecule has 10 rings (SSSR count). The van der Waals surface area contributed by atoms with E-state index in [4.69, 9.17) is 4.42 Å². The SMILES string of the molecule is c1ccc(-c2cc(N(c3ccccc3)c3ccc(-c4cccc5ccccc45)cc3)ccc2-c2ccc3c(ccc4oc5ccccc5c43)c2)cc1. The average Bonchev–Trinajstić information content (AvgIpc) is 3.61. The third-order valence-electron chi connectivity index (χ3n) is 10.3. The Morgan fingerprint density at radius 1 is 0.308 bits per heavy atom. The molecule has 2 heteroatoms. The van der Waals surface area contributed by atoms with Crippen LogP contribution in [0.5, 0.6) is 0 Å². The first-order valence-corrected chi connectivity index (χ1v) is 17.8. The number of anilines is 3. The molecule has 0 spiro atoms. The predicted molar refractivity (Wildman–Crippen MR) is 220 cm³/mol. The summed E-state index contributed by atoms with van der Waals surface area (Å²) in [5.41, 5.74) is 12.3. The van der Waals surface area contributed by atoms with Gasteiger partial charge in [0, 0.05) is 27.8 Å². The second-order valence-electron chi connectivity index (χ2n) is 13.3. The lowest BCUT2D eigenvalue weighted by Crippen LogP contribution is -2.10. The van der Waals surface area contributed by atoms with E-state index < -0.39 is 0 Å². The van der Waals surface area contributed by atoms with Gasteiger partial charge in [-0.2, -0.15) is 0 Å². The van der Waals surface area contributed by atoms with E-state index in [1.54, 1.807) is 0 Å². The largest absolute Gasteiger partial charge is 0.456 e. The number of para-hydroxylation sites is 2. The highest BCUT2D eigenvalue weighted by Crippen LogP contribution is 2.43. The molecule has 52 heavy (non-hydrogen) atoms. The van der Waals surface area contributed by atoms with Crippen molar-refractivity contribution in [3.8, 4) is 33.4 Å². The van der Waals surface area contributed by atoms with Crippen molar-refractivity contribution in [1.29, 1.82) is 0 Å². The summed E-state index contributed by atoms with van der Waals surface area (Å²) < 4.78 is 6.20. The molecule has 2 nitrogen and oxygen atoms in total. The molecule has 0 atom stereocenters. The molecular weight excluding hydrogens is 631 g/mol. The molecular formula is C50H33NO. The first kappa shape index (κ1) is 30.0. The van der Waals surface area contributed by atoms with Crippen molar-refractivity contribution in [2.24, 2.45) is 0 Å². The molecule has 0 N–H and O–H groups in total. The first-order valence-electron chi connectivity index (χ1n) is 17.8. The number of furan rings is 1. The topological polar surface area (TPSA) is 16.4 Å². The summed E-state index contributed by atoms with van der Waals surface area (Å²) in [5.74, 6) is 0. The molecule has 10 aromatic rings. The van der Waals surface area contributed by atoms with E-state index in [1.807, 2.05) is 12.1 Å². The Balaban J connectivity index is 1.11. The molecule has 0 amide bonds. The summed E-state index contributed by atoms with van der Waals surface area (Å²) in [4.78, 5) is 2.35. The van der Waals surface area contributed by atoms with Crippen LogP contribution in [0.3, 0.4) is 0 Å². The normalized spacial score (nSPS) is 11.5. The van der Waals surface area contributed by atoms with Crippen molar-refractivity contribution in [2.75, 3.05) is 4.90 Å². The minimum absolute atomic E-state index is 0.918. The van der Waals surface area contributed by atoms with Gasteiger partial charge in [-0.1, -0.05) is 146 Å². The molecule has 0 saturated carbocycles. The van der Waals surface area contributed by atoms with Gasteiger partial charge in [-0.05, 0) is 110 Å². The van der Waals surface area contributed by atoms with Crippen molar-refractivity contribution in [2.45, 2.75) is 0 Å². The van der Waals surface area contributed by atoms with Gasteiger partial charge in [0.2, 0.25) is 0 Å². The monoisotopic (exact) mass is 663 g/mol. The number of hydrogen-bond donors (Lipinski definition) is 0. The van der Waals surface area contributed by atoms with Crippen molar-refractivity contribution in [3.05, 3.63) is 200 Å². The van der Waals surface area contributed by atoms with Gasteiger partial charge < -0.3 is 9.32 Å². The fourth-order valence-electron chi connectivity index (χ4n) is 7.79. The number of nitrogens with zero attached hydrogens (tertiary/aromatic N) is 1. The Morgan fingerprint density at radius 2 is 0.962 bits per heavy atom. The lowest BCUT2D eigenvalue weighted by molar-refractivity contribution is 0.669. The molecule has 0 aliphatic heterocycles. The van der Waals surface area contributed by atoms with Gasteiger partial charge in [0.1, 0.15) is 11.2 Å². The van der Waals surface area contributed by atoms with Crippen LogP contribution < -0.4 is 4.90 Å². The maximum absolute atomic E-state index is 6.20. The van der Waals surface area contributed by atoms with Crippen LogP contribution in [0, 0.1) is 0 Å². The Hall–Kier alpha value is -6.90. The molecule has 0 aliphatic carbocycles. The van der Waals surface area contributed by atoms with E-state index >= 15 is 0 Å². The van der Waals surface area contributed by atoms with Crippen molar-refractivity contribution < 1.29 is 4.42 Å². The van der Waals surface area contributed by atoms with Crippen molar-refractivity contribution in [3.63, 3.8) is 0 Å². The van der Waals surface area contributed by atoms with Gasteiger partial charge in [0.25, 0.3) is 0 Å². The van der Waals surface area contributed by atoms with Crippen LogP contribution in [-0.2, 0) is 0 Å². The van der Waals surface area contributed by atoms with Crippen LogP contribution in [-0.4, -0.2) is 0 Å². The maximum Gasteiger partial charge on any atom is 0.136 e. The molecule has 0 unspecified atom stereocenters. The fourth-order valence-corrected chi connectivity index (χ4v) is 7.79. The molecule has 9 aromatic carbocycles. The molecule has 0 saturated heterocycles. The zero-order valence-corrected chi connectivity index (χ0v) is 28.4. The minimum atomic E-state index is 0.918. The number of rotatable bonds is 6. The highest BCUT2D eigenvalue weighted by Gasteiger charge is 2.18. The highest BCUT2D eigenvalue weighted by atomic mass is 16.3.